The number of likely N-dealkylation sites (tertiary alicyclic amines) is 1. The molecule has 0 aromatic rings. The van der Waals surface area contributed by atoms with Crippen LogP contribution in [0, 0.1) is 11.1 Å². The predicted octanol–water partition coefficient (Wildman–Crippen LogP) is 5.45. The molecule has 12 heteroatoms. The molecule has 2 saturated heterocycles. The maximum absolute atomic E-state index is 13.3. The molecule has 0 radical (unpaired) electrons. The highest BCUT2D eigenvalue weighted by atomic mass is 35.5. The molecule has 11 atom stereocenters. The number of hydrogen-bond donors (Lipinski definition) is 3. The fourth-order valence-corrected chi connectivity index (χ4v) is 8.08. The van der Waals surface area contributed by atoms with Gasteiger partial charge in [0.1, 0.15) is 18.3 Å². The molecule has 2 fully saturated rings. The lowest BCUT2D eigenvalue weighted by molar-refractivity contribution is -0.865. The van der Waals surface area contributed by atoms with Crippen LogP contribution in [-0.2, 0) is 29.9 Å². The largest absolute Gasteiger partial charge is 0.632 e. The number of hydroxylamine groups is 3. The molecule has 46 heavy (non-hydrogen) atoms. The number of esters is 1. The van der Waals surface area contributed by atoms with Crippen LogP contribution in [0.3, 0.4) is 0 Å². The highest BCUT2D eigenvalue weighted by Gasteiger charge is 2.52. The van der Waals surface area contributed by atoms with Gasteiger partial charge >= 0.3 is 5.97 Å². The molecule has 2 aliphatic heterocycles. The quantitative estimate of drug-likeness (QED) is 0.0446. The number of likely N-dealkylation sites (N-methyl/N-ethyl adjacent to an activating group) is 1. The Morgan fingerprint density at radius 3 is 2.02 bits per heavy atom. The highest BCUT2D eigenvalue weighted by Crippen LogP contribution is 2.33. The number of halogens is 1. The highest BCUT2D eigenvalue weighted by molar-refractivity contribution is 7.84. The molecule has 0 aromatic carbocycles. The lowest BCUT2D eigenvalue weighted by Gasteiger charge is -2.45. The lowest BCUT2D eigenvalue weighted by Crippen LogP contribution is -2.67. The van der Waals surface area contributed by atoms with E-state index in [1.54, 1.807) is 6.92 Å². The van der Waals surface area contributed by atoms with E-state index < -0.39 is 74.6 Å². The van der Waals surface area contributed by atoms with E-state index in [-0.39, 0.29) is 12.3 Å². The Labute approximate surface area is 285 Å². The van der Waals surface area contributed by atoms with Crippen LogP contribution in [0.4, 0.5) is 0 Å². The van der Waals surface area contributed by atoms with Gasteiger partial charge in [-0.15, -0.1) is 11.6 Å². The number of aliphatic hydroxyl groups is 2. The summed E-state index contributed by atoms with van der Waals surface area (Å²) in [5.74, 6) is -0.919. The van der Waals surface area contributed by atoms with Crippen LogP contribution in [0.25, 0.3) is 0 Å². The van der Waals surface area contributed by atoms with E-state index in [0.29, 0.717) is 19.4 Å². The van der Waals surface area contributed by atoms with Gasteiger partial charge in [-0.25, -0.2) is 0 Å². The molecule has 10 nitrogen and oxygen atoms in total. The lowest BCUT2D eigenvalue weighted by atomic mass is 9.92. The normalized spacial score (nSPS) is 31.7. The number of ether oxygens (including phenoxy) is 2. The number of quaternary nitrogens is 1. The topological polar surface area (TPSA) is 145 Å². The van der Waals surface area contributed by atoms with Gasteiger partial charge in [-0.3, -0.25) is 13.8 Å². The van der Waals surface area contributed by atoms with Crippen molar-refractivity contribution in [1.29, 1.82) is 0 Å². The number of aliphatic hydroxyl groups excluding tert-OH is 2. The summed E-state index contributed by atoms with van der Waals surface area (Å²) < 4.78 is 23.6. The van der Waals surface area contributed by atoms with Gasteiger partial charge in [-0.2, -0.15) is 0 Å². The molecule has 2 aliphatic rings. The van der Waals surface area contributed by atoms with Crippen LogP contribution in [0.15, 0.2) is 0 Å². The summed E-state index contributed by atoms with van der Waals surface area (Å²) in [4.78, 5) is 26.0. The third-order valence-corrected chi connectivity index (χ3v) is 11.0. The van der Waals surface area contributed by atoms with Crippen molar-refractivity contribution in [2.75, 3.05) is 19.8 Å². The molecule has 0 aromatic heterocycles. The average Bonchev–Trinajstić information content (AvgIpc) is 3.30. The Kier molecular flexibility index (Phi) is 19.2. The molecule has 3 N–H and O–H groups in total. The number of unbranched alkanes of at least 4 members (excludes halogenated alkanes) is 12. The number of nitrogens with zero attached hydrogens (tertiary/aromatic N) is 1. The van der Waals surface area contributed by atoms with Gasteiger partial charge in [0.05, 0.1) is 35.8 Å². The third-order valence-electron chi connectivity index (χ3n) is 9.66. The molecular formula is C34H63ClN2O8S. The van der Waals surface area contributed by atoms with Gasteiger partial charge in [0.15, 0.2) is 17.6 Å². The van der Waals surface area contributed by atoms with Gasteiger partial charge in [-0.1, -0.05) is 97.3 Å². The van der Waals surface area contributed by atoms with Crippen molar-refractivity contribution in [2.24, 2.45) is 5.92 Å². The molecule has 2 rings (SSSR count). The van der Waals surface area contributed by atoms with Gasteiger partial charge in [-0.05, 0) is 19.8 Å². The van der Waals surface area contributed by atoms with E-state index in [1.165, 1.54) is 71.1 Å². The van der Waals surface area contributed by atoms with Crippen LogP contribution >= 0.6 is 11.6 Å². The first kappa shape index (κ1) is 41.4. The number of carbonyl (C=O) groups excluding carboxylic acids is 2. The zero-order valence-electron chi connectivity index (χ0n) is 29.0. The van der Waals surface area contributed by atoms with Crippen molar-refractivity contribution >= 4 is 34.3 Å². The Morgan fingerprint density at radius 2 is 1.52 bits per heavy atom. The molecule has 0 spiro atoms. The van der Waals surface area contributed by atoms with Crippen molar-refractivity contribution < 1.29 is 38.1 Å². The minimum Gasteiger partial charge on any atom is -0.632 e. The molecule has 270 valence electrons. The smallest absolute Gasteiger partial charge is 0.306 e. The molecule has 0 saturated carbocycles. The molecule has 2 unspecified atom stereocenters. The first-order valence-corrected chi connectivity index (χ1v) is 19.9. The Morgan fingerprint density at radius 1 is 0.978 bits per heavy atom. The molecular weight excluding hydrogens is 632 g/mol. The van der Waals surface area contributed by atoms with E-state index in [2.05, 4.69) is 12.2 Å². The Hall–Kier alpha value is -0.820. The summed E-state index contributed by atoms with van der Waals surface area (Å²) in [6.45, 7) is 6.23. The molecule has 1 amide bonds. The van der Waals surface area contributed by atoms with E-state index in [4.69, 9.17) is 21.1 Å². The monoisotopic (exact) mass is 694 g/mol. The number of alkyl halides is 1. The third kappa shape index (κ3) is 13.2. The van der Waals surface area contributed by atoms with Crippen LogP contribution in [0.5, 0.6) is 0 Å². The Bertz CT molecular complexity index is 926. The summed E-state index contributed by atoms with van der Waals surface area (Å²) in [5.41, 5.74) is -1.24. The van der Waals surface area contributed by atoms with Crippen molar-refractivity contribution in [3.05, 3.63) is 5.21 Å². The van der Waals surface area contributed by atoms with Crippen molar-refractivity contribution in [1.82, 2.24) is 5.32 Å². The number of nitrogens with one attached hydrogen (secondary N) is 1. The Balaban J connectivity index is 1.85. The van der Waals surface area contributed by atoms with Gasteiger partial charge in [0.25, 0.3) is 5.91 Å². The second kappa shape index (κ2) is 21.3. The van der Waals surface area contributed by atoms with Crippen LogP contribution < -0.4 is 5.32 Å². The van der Waals surface area contributed by atoms with Crippen molar-refractivity contribution in [3.8, 4) is 0 Å². The first-order valence-electron chi connectivity index (χ1n) is 17.9. The number of hydrogen-bond acceptors (Lipinski definition) is 8. The van der Waals surface area contributed by atoms with E-state index in [9.17, 15) is 29.2 Å². The van der Waals surface area contributed by atoms with Crippen molar-refractivity contribution in [3.63, 3.8) is 0 Å². The summed E-state index contributed by atoms with van der Waals surface area (Å²) in [6.07, 6.45) is 13.3. The number of amides is 1. The second-order valence-electron chi connectivity index (χ2n) is 13.9. The summed E-state index contributed by atoms with van der Waals surface area (Å²) >= 11 is 6.45. The standard InChI is InChI=1S/C34H63ClN2O8S/c1-6-8-9-10-11-12-13-14-15-16-17-18-19-21-27(38)44-32-30(40)29(39)31(45-34(32)46(5)43)28(24(3)35)36-33(41)26-22-25(20-7-2)23-37(26,4)42/h24-26,28-32,34,39-40H,6-23H2,1-5H3,(H,36,41)/t24-,25+,26-,28+,29+,30-,31+,32+,34+,37?,46?/m0/s1. The number of rotatable bonds is 22. The number of carbonyl (C=O) groups is 2. The van der Waals surface area contributed by atoms with Gasteiger partial charge in [0.2, 0.25) is 0 Å². The van der Waals surface area contributed by atoms with Crippen LogP contribution in [-0.4, -0.2) is 98.1 Å². The summed E-state index contributed by atoms with van der Waals surface area (Å²) in [7, 11) is -0.227. The maximum atomic E-state index is 13.3. The molecule has 2 heterocycles. The van der Waals surface area contributed by atoms with E-state index in [1.807, 2.05) is 6.92 Å². The maximum Gasteiger partial charge on any atom is 0.306 e. The molecule has 0 aliphatic carbocycles. The van der Waals surface area contributed by atoms with Gasteiger partial charge < -0.3 is 34.9 Å². The zero-order valence-corrected chi connectivity index (χ0v) is 30.6. The van der Waals surface area contributed by atoms with Crippen LogP contribution in [0.1, 0.15) is 130 Å². The minimum atomic E-state index is -1.71. The SMILES string of the molecule is CCCCCCCCCCCCCCCC(=O)O[C@@H]1[C@@H](O)[C@@H](O)[C@@H]([C@H](NC(=O)[C@@H]2C[C@@H](CCC)C[N+]2(C)[O-])[C@H](C)Cl)O[C@@H]1S(C)=O. The van der Waals surface area contributed by atoms with Crippen LogP contribution in [0.2, 0.25) is 0 Å². The second-order valence-corrected chi connectivity index (χ2v) is 16.0. The minimum absolute atomic E-state index is 0.135. The summed E-state index contributed by atoms with van der Waals surface area (Å²) in [5, 5.41) is 37.3. The first-order chi connectivity index (χ1) is 21.8. The van der Waals surface area contributed by atoms with E-state index >= 15 is 0 Å². The average molecular weight is 695 g/mol. The molecule has 0 bridgehead atoms. The van der Waals surface area contributed by atoms with E-state index in [0.717, 1.165) is 32.1 Å². The fraction of sp³-hybridized carbons (Fsp3) is 0.941. The zero-order chi connectivity index (χ0) is 34.3. The predicted molar refractivity (Wildman–Crippen MR) is 183 cm³/mol. The van der Waals surface area contributed by atoms with Crippen molar-refractivity contribution in [2.45, 2.75) is 177 Å². The van der Waals surface area contributed by atoms with Gasteiger partial charge in [0, 0.05) is 25.0 Å². The fourth-order valence-electron chi connectivity index (χ4n) is 6.99. The summed E-state index contributed by atoms with van der Waals surface area (Å²) in [6, 6.07) is -1.84.